The molecule has 2 N–H and O–H groups in total. The molecule has 16 heavy (non-hydrogen) atoms. The first-order chi connectivity index (χ1) is 7.79. The summed E-state index contributed by atoms with van der Waals surface area (Å²) >= 11 is 1.60. The molecule has 86 valence electrons. The van der Waals surface area contributed by atoms with Crippen molar-refractivity contribution >= 4 is 11.3 Å². The standard InChI is InChI=1S/C11H15N3OS/c1-2-4-8(12)7-10-13-11(14-15-10)9-5-3-6-16-9/h3,5-6,8H,2,4,7,12H2,1H3. The quantitative estimate of drug-likeness (QED) is 0.867. The van der Waals surface area contributed by atoms with Gasteiger partial charge in [-0.2, -0.15) is 4.98 Å². The van der Waals surface area contributed by atoms with E-state index < -0.39 is 0 Å². The van der Waals surface area contributed by atoms with Crippen LogP contribution in [0.2, 0.25) is 0 Å². The van der Waals surface area contributed by atoms with E-state index in [1.165, 1.54) is 0 Å². The van der Waals surface area contributed by atoms with Crippen LogP contribution in [0.1, 0.15) is 25.7 Å². The van der Waals surface area contributed by atoms with E-state index in [1.807, 2.05) is 17.5 Å². The van der Waals surface area contributed by atoms with Crippen LogP contribution in [0, 0.1) is 0 Å². The molecule has 0 aliphatic heterocycles. The SMILES string of the molecule is CCCC(N)Cc1nc(-c2cccs2)no1. The molecule has 5 heteroatoms. The maximum atomic E-state index is 5.92. The zero-order chi connectivity index (χ0) is 11.4. The van der Waals surface area contributed by atoms with Crippen molar-refractivity contribution in [3.8, 4) is 10.7 Å². The lowest BCUT2D eigenvalue weighted by Crippen LogP contribution is -2.22. The minimum atomic E-state index is 0.113. The Morgan fingerprint density at radius 2 is 2.44 bits per heavy atom. The molecule has 0 saturated carbocycles. The summed E-state index contributed by atoms with van der Waals surface area (Å²) in [4.78, 5) is 5.35. The minimum Gasteiger partial charge on any atom is -0.339 e. The molecular weight excluding hydrogens is 222 g/mol. The molecule has 0 fully saturated rings. The van der Waals surface area contributed by atoms with Crippen molar-refractivity contribution in [2.24, 2.45) is 5.73 Å². The average molecular weight is 237 g/mol. The van der Waals surface area contributed by atoms with Crippen molar-refractivity contribution in [1.29, 1.82) is 0 Å². The third-order valence-electron chi connectivity index (χ3n) is 2.31. The van der Waals surface area contributed by atoms with Crippen LogP contribution in [-0.2, 0) is 6.42 Å². The fourth-order valence-corrected chi connectivity index (χ4v) is 2.19. The zero-order valence-electron chi connectivity index (χ0n) is 9.22. The Bertz CT molecular complexity index is 424. The van der Waals surface area contributed by atoms with E-state index in [0.29, 0.717) is 18.1 Å². The van der Waals surface area contributed by atoms with Crippen LogP contribution in [0.4, 0.5) is 0 Å². The van der Waals surface area contributed by atoms with Crippen LogP contribution in [0.5, 0.6) is 0 Å². The van der Waals surface area contributed by atoms with E-state index in [-0.39, 0.29) is 6.04 Å². The summed E-state index contributed by atoms with van der Waals surface area (Å²) in [6.07, 6.45) is 2.72. The van der Waals surface area contributed by atoms with Crippen molar-refractivity contribution in [3.63, 3.8) is 0 Å². The second-order valence-electron chi connectivity index (χ2n) is 3.74. The molecule has 2 heterocycles. The van der Waals surface area contributed by atoms with Gasteiger partial charge in [0.1, 0.15) is 0 Å². The summed E-state index contributed by atoms with van der Waals surface area (Å²) in [6, 6.07) is 4.06. The van der Waals surface area contributed by atoms with Gasteiger partial charge in [-0.3, -0.25) is 0 Å². The molecule has 1 atom stereocenters. The van der Waals surface area contributed by atoms with Crippen LogP contribution in [0.3, 0.4) is 0 Å². The van der Waals surface area contributed by atoms with Gasteiger partial charge in [-0.15, -0.1) is 11.3 Å². The molecule has 2 rings (SSSR count). The topological polar surface area (TPSA) is 64.9 Å². The number of rotatable bonds is 5. The van der Waals surface area contributed by atoms with Crippen molar-refractivity contribution in [2.45, 2.75) is 32.2 Å². The zero-order valence-corrected chi connectivity index (χ0v) is 10.0. The van der Waals surface area contributed by atoms with Crippen molar-refractivity contribution in [2.75, 3.05) is 0 Å². The second-order valence-corrected chi connectivity index (χ2v) is 4.69. The lowest BCUT2D eigenvalue weighted by Gasteiger charge is -2.05. The molecular formula is C11H15N3OS. The third kappa shape index (κ3) is 2.68. The van der Waals surface area contributed by atoms with E-state index in [9.17, 15) is 0 Å². The van der Waals surface area contributed by atoms with E-state index >= 15 is 0 Å². The molecule has 0 amide bonds. The monoisotopic (exact) mass is 237 g/mol. The van der Waals surface area contributed by atoms with Gasteiger partial charge in [-0.1, -0.05) is 24.6 Å². The van der Waals surface area contributed by atoms with Crippen molar-refractivity contribution < 1.29 is 4.52 Å². The lowest BCUT2D eigenvalue weighted by atomic mass is 10.1. The number of hydrogen-bond acceptors (Lipinski definition) is 5. The number of thiophene rings is 1. The van der Waals surface area contributed by atoms with Gasteiger partial charge < -0.3 is 10.3 Å². The predicted molar refractivity (Wildman–Crippen MR) is 64.2 cm³/mol. The van der Waals surface area contributed by atoms with E-state index in [0.717, 1.165) is 17.7 Å². The summed E-state index contributed by atoms with van der Waals surface area (Å²) in [5.41, 5.74) is 5.92. The highest BCUT2D eigenvalue weighted by atomic mass is 32.1. The molecule has 0 bridgehead atoms. The van der Waals surface area contributed by atoms with Gasteiger partial charge >= 0.3 is 0 Å². The molecule has 0 saturated heterocycles. The fraction of sp³-hybridized carbons (Fsp3) is 0.455. The maximum absolute atomic E-state index is 5.92. The van der Waals surface area contributed by atoms with Gasteiger partial charge in [-0.25, -0.2) is 0 Å². The van der Waals surface area contributed by atoms with Gasteiger partial charge in [-0.05, 0) is 17.9 Å². The molecule has 0 aliphatic carbocycles. The summed E-state index contributed by atoms with van der Waals surface area (Å²) in [6.45, 7) is 2.12. The van der Waals surface area contributed by atoms with Gasteiger partial charge in [0.25, 0.3) is 0 Å². The largest absolute Gasteiger partial charge is 0.339 e. The van der Waals surface area contributed by atoms with Crippen molar-refractivity contribution in [1.82, 2.24) is 10.1 Å². The normalized spacial score (nSPS) is 12.9. The Hall–Kier alpha value is -1.20. The van der Waals surface area contributed by atoms with Crippen LogP contribution in [0.25, 0.3) is 10.7 Å². The van der Waals surface area contributed by atoms with Gasteiger partial charge in [0.05, 0.1) is 4.88 Å². The fourth-order valence-electron chi connectivity index (χ4n) is 1.54. The molecule has 0 radical (unpaired) electrons. The number of nitrogens with two attached hydrogens (primary N) is 1. The summed E-state index contributed by atoms with van der Waals surface area (Å²) in [5, 5.41) is 5.93. The Kier molecular flexibility index (Phi) is 3.69. The molecule has 4 nitrogen and oxygen atoms in total. The van der Waals surface area contributed by atoms with Crippen LogP contribution >= 0.6 is 11.3 Å². The van der Waals surface area contributed by atoms with Crippen molar-refractivity contribution in [3.05, 3.63) is 23.4 Å². The van der Waals surface area contributed by atoms with Gasteiger partial charge in [0.2, 0.25) is 11.7 Å². The minimum absolute atomic E-state index is 0.113. The van der Waals surface area contributed by atoms with E-state index in [4.69, 9.17) is 10.3 Å². The maximum Gasteiger partial charge on any atom is 0.228 e. The highest BCUT2D eigenvalue weighted by Gasteiger charge is 2.12. The smallest absolute Gasteiger partial charge is 0.228 e. The highest BCUT2D eigenvalue weighted by Crippen LogP contribution is 2.21. The van der Waals surface area contributed by atoms with Crippen LogP contribution in [-0.4, -0.2) is 16.2 Å². The average Bonchev–Trinajstić information content (AvgIpc) is 2.86. The highest BCUT2D eigenvalue weighted by molar-refractivity contribution is 7.13. The summed E-state index contributed by atoms with van der Waals surface area (Å²) < 4.78 is 5.17. The Balaban J connectivity index is 2.03. The Morgan fingerprint density at radius 1 is 1.56 bits per heavy atom. The van der Waals surface area contributed by atoms with Gasteiger partial charge in [0, 0.05) is 12.5 Å². The predicted octanol–water partition coefficient (Wildman–Crippen LogP) is 2.47. The molecule has 0 aliphatic rings. The van der Waals surface area contributed by atoms with Gasteiger partial charge in [0.15, 0.2) is 0 Å². The van der Waals surface area contributed by atoms with E-state index in [1.54, 1.807) is 11.3 Å². The lowest BCUT2D eigenvalue weighted by molar-refractivity contribution is 0.366. The first-order valence-corrected chi connectivity index (χ1v) is 6.29. The molecule has 2 aromatic rings. The summed E-state index contributed by atoms with van der Waals surface area (Å²) in [5.74, 6) is 1.29. The molecule has 2 aromatic heterocycles. The number of nitrogens with zero attached hydrogens (tertiary/aromatic N) is 2. The number of aromatic nitrogens is 2. The Morgan fingerprint density at radius 3 is 3.12 bits per heavy atom. The second kappa shape index (κ2) is 5.23. The first-order valence-electron chi connectivity index (χ1n) is 5.41. The van der Waals surface area contributed by atoms with E-state index in [2.05, 4.69) is 17.1 Å². The molecule has 1 unspecified atom stereocenters. The molecule has 0 aromatic carbocycles. The molecule has 0 spiro atoms. The number of hydrogen-bond donors (Lipinski definition) is 1. The third-order valence-corrected chi connectivity index (χ3v) is 3.17. The van der Waals surface area contributed by atoms with Crippen LogP contribution in [0.15, 0.2) is 22.0 Å². The Labute approximate surface area is 98.5 Å². The first kappa shape index (κ1) is 11.3. The summed E-state index contributed by atoms with van der Waals surface area (Å²) in [7, 11) is 0. The van der Waals surface area contributed by atoms with Crippen LogP contribution < -0.4 is 5.73 Å².